The number of hydrogen-bond acceptors (Lipinski definition) is 3. The third-order valence-electron chi connectivity index (χ3n) is 3.79. The molecule has 0 bridgehead atoms. The molecule has 1 aliphatic rings. The molecule has 1 heterocycles. The van der Waals surface area contributed by atoms with Gasteiger partial charge in [0.15, 0.2) is 0 Å². The van der Waals surface area contributed by atoms with Gasteiger partial charge in [0.05, 0.1) is 23.0 Å². The van der Waals surface area contributed by atoms with Crippen molar-refractivity contribution in [2.45, 2.75) is 26.8 Å². The average molecular weight is 365 g/mol. The number of hydrogen-bond donors (Lipinski definition) is 3. The van der Waals surface area contributed by atoms with Gasteiger partial charge in [-0.05, 0) is 30.7 Å². The van der Waals surface area contributed by atoms with Gasteiger partial charge in [0.1, 0.15) is 17.5 Å². The summed E-state index contributed by atoms with van der Waals surface area (Å²) in [5.74, 6) is -3.11. The Balaban J connectivity index is 0.00000117. The first-order valence-electron chi connectivity index (χ1n) is 8.48. The van der Waals surface area contributed by atoms with Crippen molar-refractivity contribution in [2.75, 3.05) is 18.4 Å². The van der Waals surface area contributed by atoms with Crippen molar-refractivity contribution < 1.29 is 18.0 Å². The number of benzene rings is 2. The molecule has 1 amide bonds. The lowest BCUT2D eigenvalue weighted by Gasteiger charge is -2.28. The second-order valence-corrected chi connectivity index (χ2v) is 5.75. The molecule has 1 aliphatic heterocycles. The second kappa shape index (κ2) is 8.71. The smallest absolute Gasteiger partial charge is 0.256 e. The van der Waals surface area contributed by atoms with Gasteiger partial charge in [-0.25, -0.2) is 13.2 Å². The Kier molecular flexibility index (Phi) is 6.63. The maximum Gasteiger partial charge on any atom is 0.256 e. The molecule has 3 N–H and O–H groups in total. The summed E-state index contributed by atoms with van der Waals surface area (Å²) in [6.07, 6.45) is 0. The fourth-order valence-electron chi connectivity index (χ4n) is 2.42. The minimum absolute atomic E-state index is 0.0324. The fourth-order valence-corrected chi connectivity index (χ4v) is 2.42. The standard InChI is InChI=1S/C17H16F3N3O.C2H6/c1-9-2-3-14(12(19)4-9)23-15-6-10(18)5-13(20)16(15)17(24)22-11-7-21-8-11;1-2/h2-6,11,21,23H,7-8H2,1H3,(H,22,24);1-2H3. The number of carbonyl (C=O) groups excluding carboxylic acids is 1. The third-order valence-corrected chi connectivity index (χ3v) is 3.79. The lowest BCUT2D eigenvalue weighted by Crippen LogP contribution is -2.57. The number of carbonyl (C=O) groups is 1. The van der Waals surface area contributed by atoms with Crippen LogP contribution in [-0.2, 0) is 0 Å². The molecule has 1 fully saturated rings. The van der Waals surface area contributed by atoms with Crippen LogP contribution in [0.15, 0.2) is 30.3 Å². The van der Waals surface area contributed by atoms with E-state index in [1.54, 1.807) is 13.0 Å². The molecule has 0 radical (unpaired) electrons. The van der Waals surface area contributed by atoms with Crippen LogP contribution in [0.2, 0.25) is 0 Å². The SMILES string of the molecule is CC.Cc1ccc(Nc2cc(F)cc(F)c2C(=O)NC2CNC2)c(F)c1. The molecule has 0 atom stereocenters. The Morgan fingerprint density at radius 2 is 1.73 bits per heavy atom. The summed E-state index contributed by atoms with van der Waals surface area (Å²) in [6, 6.07) is 5.88. The van der Waals surface area contributed by atoms with Gasteiger partial charge in [0, 0.05) is 19.2 Å². The molecule has 1 saturated heterocycles. The van der Waals surface area contributed by atoms with Gasteiger partial charge in [-0.1, -0.05) is 19.9 Å². The first-order valence-corrected chi connectivity index (χ1v) is 8.48. The van der Waals surface area contributed by atoms with Crippen molar-refractivity contribution in [3.05, 3.63) is 58.9 Å². The number of halogens is 3. The molecule has 0 unspecified atom stereocenters. The molecule has 0 saturated carbocycles. The molecular weight excluding hydrogens is 343 g/mol. The van der Waals surface area contributed by atoms with Crippen LogP contribution >= 0.6 is 0 Å². The zero-order valence-electron chi connectivity index (χ0n) is 14.9. The van der Waals surface area contributed by atoms with Crippen molar-refractivity contribution in [1.82, 2.24) is 10.6 Å². The van der Waals surface area contributed by atoms with E-state index in [1.807, 2.05) is 13.8 Å². The van der Waals surface area contributed by atoms with Crippen molar-refractivity contribution in [2.24, 2.45) is 0 Å². The van der Waals surface area contributed by atoms with Crippen molar-refractivity contribution in [3.63, 3.8) is 0 Å². The van der Waals surface area contributed by atoms with Gasteiger partial charge in [-0.2, -0.15) is 0 Å². The van der Waals surface area contributed by atoms with Crippen LogP contribution < -0.4 is 16.0 Å². The Labute approximate surface area is 150 Å². The van der Waals surface area contributed by atoms with Crippen LogP contribution in [0.3, 0.4) is 0 Å². The Hall–Kier alpha value is -2.54. The minimum Gasteiger partial charge on any atom is -0.352 e. The molecular formula is C19H22F3N3O. The van der Waals surface area contributed by atoms with E-state index in [0.29, 0.717) is 24.7 Å². The van der Waals surface area contributed by atoms with E-state index in [2.05, 4.69) is 16.0 Å². The van der Waals surface area contributed by atoms with Gasteiger partial charge >= 0.3 is 0 Å². The van der Waals surface area contributed by atoms with E-state index < -0.39 is 23.4 Å². The molecule has 0 aliphatic carbocycles. The fraction of sp³-hybridized carbons (Fsp3) is 0.316. The highest BCUT2D eigenvalue weighted by molar-refractivity contribution is 6.00. The zero-order valence-corrected chi connectivity index (χ0v) is 14.9. The average Bonchev–Trinajstić information content (AvgIpc) is 2.55. The summed E-state index contributed by atoms with van der Waals surface area (Å²) in [5.41, 5.74) is 0.271. The molecule has 4 nitrogen and oxygen atoms in total. The quantitative estimate of drug-likeness (QED) is 0.771. The Bertz CT molecular complexity index is 792. The highest BCUT2D eigenvalue weighted by Gasteiger charge is 2.24. The summed E-state index contributed by atoms with van der Waals surface area (Å²) in [5, 5.41) is 8.23. The minimum atomic E-state index is -1.00. The van der Waals surface area contributed by atoms with E-state index in [1.165, 1.54) is 12.1 Å². The summed E-state index contributed by atoms with van der Waals surface area (Å²) in [4.78, 5) is 12.3. The summed E-state index contributed by atoms with van der Waals surface area (Å²) in [7, 11) is 0. The maximum absolute atomic E-state index is 14.2. The van der Waals surface area contributed by atoms with E-state index in [-0.39, 0.29) is 23.0 Å². The lowest BCUT2D eigenvalue weighted by molar-refractivity contribution is 0.0920. The maximum atomic E-state index is 14.2. The molecule has 26 heavy (non-hydrogen) atoms. The van der Waals surface area contributed by atoms with Crippen LogP contribution in [0.5, 0.6) is 0 Å². The van der Waals surface area contributed by atoms with Gasteiger partial charge in [0.2, 0.25) is 0 Å². The topological polar surface area (TPSA) is 53.2 Å². The number of nitrogens with one attached hydrogen (secondary N) is 3. The normalized spacial score (nSPS) is 13.3. The first-order chi connectivity index (χ1) is 12.4. The van der Waals surface area contributed by atoms with Crippen LogP contribution in [-0.4, -0.2) is 25.0 Å². The molecule has 0 aromatic heterocycles. The first kappa shape index (κ1) is 19.8. The van der Waals surface area contributed by atoms with E-state index in [4.69, 9.17) is 0 Å². The number of rotatable bonds is 4. The molecule has 0 spiro atoms. The predicted molar refractivity (Wildman–Crippen MR) is 96.2 cm³/mol. The van der Waals surface area contributed by atoms with Crippen LogP contribution in [0.25, 0.3) is 0 Å². The number of anilines is 2. The van der Waals surface area contributed by atoms with E-state index >= 15 is 0 Å². The number of aryl methyl sites for hydroxylation is 1. The van der Waals surface area contributed by atoms with Gasteiger partial charge in [-0.3, -0.25) is 4.79 Å². The van der Waals surface area contributed by atoms with Crippen LogP contribution in [0.1, 0.15) is 29.8 Å². The molecule has 3 rings (SSSR count). The Morgan fingerprint density at radius 3 is 2.31 bits per heavy atom. The second-order valence-electron chi connectivity index (χ2n) is 5.75. The van der Waals surface area contributed by atoms with E-state index in [0.717, 1.165) is 6.07 Å². The largest absolute Gasteiger partial charge is 0.352 e. The highest BCUT2D eigenvalue weighted by atomic mass is 19.1. The molecule has 7 heteroatoms. The summed E-state index contributed by atoms with van der Waals surface area (Å²) >= 11 is 0. The van der Waals surface area contributed by atoms with E-state index in [9.17, 15) is 18.0 Å². The monoisotopic (exact) mass is 365 g/mol. The summed E-state index contributed by atoms with van der Waals surface area (Å²) in [6.45, 7) is 6.90. The van der Waals surface area contributed by atoms with Crippen LogP contribution in [0.4, 0.5) is 24.5 Å². The van der Waals surface area contributed by atoms with Crippen molar-refractivity contribution >= 4 is 17.3 Å². The van der Waals surface area contributed by atoms with Crippen molar-refractivity contribution in [1.29, 1.82) is 0 Å². The molecule has 2 aromatic rings. The van der Waals surface area contributed by atoms with Gasteiger partial charge in [0.25, 0.3) is 5.91 Å². The van der Waals surface area contributed by atoms with Gasteiger partial charge in [-0.15, -0.1) is 0 Å². The molecule has 2 aromatic carbocycles. The lowest BCUT2D eigenvalue weighted by atomic mass is 10.1. The zero-order chi connectivity index (χ0) is 19.3. The summed E-state index contributed by atoms with van der Waals surface area (Å²) < 4.78 is 41.7. The number of amides is 1. The van der Waals surface area contributed by atoms with Gasteiger partial charge < -0.3 is 16.0 Å². The Morgan fingerprint density at radius 1 is 1.04 bits per heavy atom. The highest BCUT2D eigenvalue weighted by Crippen LogP contribution is 2.27. The molecule has 140 valence electrons. The third kappa shape index (κ3) is 4.54. The predicted octanol–water partition coefficient (Wildman–Crippen LogP) is 3.88. The van der Waals surface area contributed by atoms with Crippen LogP contribution in [0, 0.1) is 24.4 Å². The van der Waals surface area contributed by atoms with Crippen molar-refractivity contribution in [3.8, 4) is 0 Å².